The van der Waals surface area contributed by atoms with Gasteiger partial charge in [-0.15, -0.1) is 0 Å². The van der Waals surface area contributed by atoms with Crippen molar-refractivity contribution in [2.24, 2.45) is 11.8 Å². The van der Waals surface area contributed by atoms with E-state index in [1.807, 2.05) is 0 Å². The summed E-state index contributed by atoms with van der Waals surface area (Å²) in [7, 11) is -2.97. The number of sulfone groups is 1. The van der Waals surface area contributed by atoms with Gasteiger partial charge in [-0.1, -0.05) is 13.8 Å². The third kappa shape index (κ3) is 1.83. The molecule has 0 bridgehead atoms. The molecule has 0 N–H and O–H groups in total. The summed E-state index contributed by atoms with van der Waals surface area (Å²) in [5.41, 5.74) is 0. The van der Waals surface area contributed by atoms with E-state index in [0.29, 0.717) is 11.8 Å². The van der Waals surface area contributed by atoms with Gasteiger partial charge >= 0.3 is 0 Å². The molecule has 14 heavy (non-hydrogen) atoms. The van der Waals surface area contributed by atoms with Crippen LogP contribution in [0, 0.1) is 11.8 Å². The average molecular weight is 218 g/mol. The summed E-state index contributed by atoms with van der Waals surface area (Å²) in [6.45, 7) is 9.55. The molecule has 1 saturated carbocycles. The lowest BCUT2D eigenvalue weighted by molar-refractivity contribution is 0.486. The molecule has 0 aromatic carbocycles. The van der Waals surface area contributed by atoms with Gasteiger partial charge in [0.1, 0.15) is 0 Å². The highest BCUT2D eigenvalue weighted by molar-refractivity contribution is 7.93. The molecule has 1 rings (SSSR count). The van der Waals surface area contributed by atoms with E-state index in [1.165, 1.54) is 0 Å². The highest BCUT2D eigenvalue weighted by atomic mass is 32.2. The fraction of sp³-hybridized carbons (Fsp3) is 1.00. The van der Waals surface area contributed by atoms with Crippen LogP contribution >= 0.6 is 0 Å². The van der Waals surface area contributed by atoms with E-state index < -0.39 is 14.6 Å². The second-order valence-corrected chi connectivity index (χ2v) is 8.51. The van der Waals surface area contributed by atoms with Crippen molar-refractivity contribution in [1.82, 2.24) is 0 Å². The SMILES string of the molecule is CC1CCC(C)C1S(=O)(=O)C(C)(C)C. The van der Waals surface area contributed by atoms with E-state index in [1.54, 1.807) is 20.8 Å². The van der Waals surface area contributed by atoms with Crippen LogP contribution in [0.25, 0.3) is 0 Å². The first-order chi connectivity index (χ1) is 6.18. The van der Waals surface area contributed by atoms with Crippen molar-refractivity contribution in [3.63, 3.8) is 0 Å². The quantitative estimate of drug-likeness (QED) is 0.678. The Morgan fingerprint density at radius 2 is 1.36 bits per heavy atom. The molecule has 1 aliphatic rings. The molecular formula is C11H22O2S. The summed E-state index contributed by atoms with van der Waals surface area (Å²) in [6.07, 6.45) is 2.11. The molecule has 84 valence electrons. The minimum absolute atomic E-state index is 0.123. The molecule has 3 heteroatoms. The van der Waals surface area contributed by atoms with Crippen LogP contribution in [-0.4, -0.2) is 18.4 Å². The summed E-state index contributed by atoms with van der Waals surface area (Å²) in [5, 5.41) is -0.123. The maximum absolute atomic E-state index is 12.3. The Labute approximate surface area is 88.0 Å². The predicted octanol–water partition coefficient (Wildman–Crippen LogP) is 2.63. The van der Waals surface area contributed by atoms with Crippen molar-refractivity contribution < 1.29 is 8.42 Å². The zero-order chi connectivity index (χ0) is 11.1. The van der Waals surface area contributed by atoms with Crippen LogP contribution in [0.4, 0.5) is 0 Å². The van der Waals surface area contributed by atoms with Crippen LogP contribution in [0.2, 0.25) is 0 Å². The molecule has 0 radical (unpaired) electrons. The van der Waals surface area contributed by atoms with Gasteiger partial charge in [0, 0.05) is 0 Å². The Balaban J connectivity index is 3.04. The van der Waals surface area contributed by atoms with Crippen molar-refractivity contribution in [2.75, 3.05) is 0 Å². The first-order valence-corrected chi connectivity index (χ1v) is 6.96. The van der Waals surface area contributed by atoms with Crippen molar-refractivity contribution in [3.05, 3.63) is 0 Å². The Hall–Kier alpha value is -0.0500. The first kappa shape index (κ1) is 12.0. The van der Waals surface area contributed by atoms with Crippen molar-refractivity contribution in [3.8, 4) is 0 Å². The largest absolute Gasteiger partial charge is 0.228 e. The molecule has 0 saturated heterocycles. The smallest absolute Gasteiger partial charge is 0.158 e. The average Bonchev–Trinajstić information content (AvgIpc) is 2.28. The van der Waals surface area contributed by atoms with Gasteiger partial charge < -0.3 is 0 Å². The lowest BCUT2D eigenvalue weighted by atomic mass is 10.1. The normalized spacial score (nSPS) is 34.8. The first-order valence-electron chi connectivity index (χ1n) is 5.41. The monoisotopic (exact) mass is 218 g/mol. The van der Waals surface area contributed by atoms with Gasteiger partial charge in [-0.2, -0.15) is 0 Å². The van der Waals surface area contributed by atoms with Crippen molar-refractivity contribution in [2.45, 2.75) is 57.5 Å². The minimum Gasteiger partial charge on any atom is -0.228 e. The van der Waals surface area contributed by atoms with Gasteiger partial charge in [0.2, 0.25) is 0 Å². The van der Waals surface area contributed by atoms with E-state index in [0.717, 1.165) is 12.8 Å². The van der Waals surface area contributed by atoms with E-state index in [9.17, 15) is 8.42 Å². The molecule has 0 spiro atoms. The summed E-state index contributed by atoms with van der Waals surface area (Å²) in [5.74, 6) is 0.656. The molecular weight excluding hydrogens is 196 g/mol. The van der Waals surface area contributed by atoms with E-state index in [-0.39, 0.29) is 5.25 Å². The Bertz CT molecular complexity index is 288. The molecule has 0 heterocycles. The van der Waals surface area contributed by atoms with E-state index in [4.69, 9.17) is 0 Å². The van der Waals surface area contributed by atoms with E-state index >= 15 is 0 Å². The molecule has 0 amide bonds. The molecule has 1 aliphatic carbocycles. The molecule has 0 aliphatic heterocycles. The van der Waals surface area contributed by atoms with E-state index in [2.05, 4.69) is 13.8 Å². The van der Waals surface area contributed by atoms with Crippen LogP contribution in [-0.2, 0) is 9.84 Å². The maximum Gasteiger partial charge on any atom is 0.158 e. The van der Waals surface area contributed by atoms with Crippen molar-refractivity contribution in [1.29, 1.82) is 0 Å². The van der Waals surface area contributed by atoms with Crippen LogP contribution < -0.4 is 0 Å². The summed E-state index contributed by atoms with van der Waals surface area (Å²) in [4.78, 5) is 0. The number of hydrogen-bond acceptors (Lipinski definition) is 2. The molecule has 0 aromatic rings. The predicted molar refractivity (Wildman–Crippen MR) is 60.0 cm³/mol. The highest BCUT2D eigenvalue weighted by Crippen LogP contribution is 2.39. The summed E-state index contributed by atoms with van der Waals surface area (Å²) < 4.78 is 23.9. The van der Waals surface area contributed by atoms with Crippen LogP contribution in [0.15, 0.2) is 0 Å². The lowest BCUT2D eigenvalue weighted by Crippen LogP contribution is -2.41. The van der Waals surface area contributed by atoms with Gasteiger partial charge in [0.05, 0.1) is 10.00 Å². The number of rotatable bonds is 1. The third-order valence-electron chi connectivity index (χ3n) is 3.41. The Kier molecular flexibility index (Phi) is 3.01. The maximum atomic E-state index is 12.3. The zero-order valence-electron chi connectivity index (χ0n) is 9.87. The van der Waals surface area contributed by atoms with Gasteiger partial charge in [0.15, 0.2) is 9.84 Å². The lowest BCUT2D eigenvalue weighted by Gasteiger charge is -2.29. The molecule has 2 nitrogen and oxygen atoms in total. The fourth-order valence-electron chi connectivity index (χ4n) is 2.44. The van der Waals surface area contributed by atoms with Crippen LogP contribution in [0.1, 0.15) is 47.5 Å². The van der Waals surface area contributed by atoms with Crippen LogP contribution in [0.5, 0.6) is 0 Å². The molecule has 2 atom stereocenters. The van der Waals surface area contributed by atoms with Gasteiger partial charge in [-0.3, -0.25) is 0 Å². The molecule has 1 fully saturated rings. The fourth-order valence-corrected chi connectivity index (χ4v) is 4.75. The van der Waals surface area contributed by atoms with Gasteiger partial charge in [0.25, 0.3) is 0 Å². The van der Waals surface area contributed by atoms with Gasteiger partial charge in [-0.25, -0.2) is 8.42 Å². The minimum atomic E-state index is -2.97. The Morgan fingerprint density at radius 3 is 1.64 bits per heavy atom. The standard InChI is InChI=1S/C11H22O2S/c1-8-6-7-9(2)10(8)14(12,13)11(3,4)5/h8-10H,6-7H2,1-5H3. The Morgan fingerprint density at radius 1 is 1.00 bits per heavy atom. The topological polar surface area (TPSA) is 34.1 Å². The summed E-state index contributed by atoms with van der Waals surface area (Å²) in [6, 6.07) is 0. The molecule has 0 aromatic heterocycles. The second kappa shape index (κ2) is 3.51. The zero-order valence-corrected chi connectivity index (χ0v) is 10.7. The molecule has 2 unspecified atom stereocenters. The van der Waals surface area contributed by atoms with Crippen LogP contribution in [0.3, 0.4) is 0 Å². The summed E-state index contributed by atoms with van der Waals surface area (Å²) >= 11 is 0. The van der Waals surface area contributed by atoms with Crippen molar-refractivity contribution >= 4 is 9.84 Å². The number of hydrogen-bond donors (Lipinski definition) is 0. The highest BCUT2D eigenvalue weighted by Gasteiger charge is 2.45. The second-order valence-electron chi connectivity index (χ2n) is 5.65. The third-order valence-corrected chi connectivity index (χ3v) is 6.76. The van der Waals surface area contributed by atoms with Gasteiger partial charge in [-0.05, 0) is 45.4 Å².